The van der Waals surface area contributed by atoms with Crippen LogP contribution in [0.4, 0.5) is 11.4 Å². The van der Waals surface area contributed by atoms with Crippen LogP contribution in [-0.2, 0) is 26.3 Å². The summed E-state index contributed by atoms with van der Waals surface area (Å²) in [4.78, 5) is 54.4. The third-order valence-corrected chi connectivity index (χ3v) is 10.1. The predicted octanol–water partition coefficient (Wildman–Crippen LogP) is 4.81. The largest absolute Gasteiger partial charge is 0.497 e. The van der Waals surface area contributed by atoms with E-state index in [1.807, 2.05) is 13.8 Å². The smallest absolute Gasteiger partial charge is 0.308 e. The number of hydrogen-bond acceptors (Lipinski definition) is 7. The monoisotopic (exact) mass is 577 g/mol. The molecule has 3 heterocycles. The normalized spacial score (nSPS) is 20.0. The summed E-state index contributed by atoms with van der Waals surface area (Å²) >= 11 is 14.1. The molecule has 2 aliphatic rings. The fourth-order valence-electron chi connectivity index (χ4n) is 4.67. The molecule has 1 N–H and O–H groups in total. The number of imide groups is 1. The van der Waals surface area contributed by atoms with Gasteiger partial charge in [0, 0.05) is 16.0 Å². The molecule has 37 heavy (non-hydrogen) atoms. The Morgan fingerprint density at radius 2 is 1.76 bits per heavy atom. The van der Waals surface area contributed by atoms with Crippen molar-refractivity contribution in [3.8, 4) is 5.75 Å². The molecule has 1 fully saturated rings. The molecule has 1 aromatic heterocycles. The Morgan fingerprint density at radius 1 is 1.05 bits per heavy atom. The van der Waals surface area contributed by atoms with E-state index in [0.29, 0.717) is 37.1 Å². The molecule has 2 aromatic carbocycles. The van der Waals surface area contributed by atoms with Crippen molar-refractivity contribution in [3.05, 3.63) is 67.1 Å². The number of nitrogens with zero attached hydrogens (tertiary/aromatic N) is 2. The van der Waals surface area contributed by atoms with E-state index >= 15 is 0 Å². The molecule has 2 unspecified atom stereocenters. The summed E-state index contributed by atoms with van der Waals surface area (Å²) in [7, 11) is 1.54. The van der Waals surface area contributed by atoms with Crippen LogP contribution < -0.4 is 19.8 Å². The minimum absolute atomic E-state index is 0.254. The number of benzene rings is 2. The quantitative estimate of drug-likeness (QED) is 0.437. The van der Waals surface area contributed by atoms with Crippen LogP contribution in [0.1, 0.15) is 18.7 Å². The van der Waals surface area contributed by atoms with Gasteiger partial charge in [-0.1, -0.05) is 60.1 Å². The van der Waals surface area contributed by atoms with Crippen LogP contribution in [0.5, 0.6) is 5.75 Å². The predicted molar refractivity (Wildman–Crippen MR) is 145 cm³/mol. The standard InChI is InChI=1S/C25H21Cl2N3O5S2/c1-25(2)18-19(22(33)30(21(18)32)13-5-7-14(35-3)8-6-13)36-23-20(25)37-24(34)29(23)11-17(31)28-12-4-9-15(26)16(27)10-12/h4-10,18-19H,11H2,1-3H3,(H,28,31). The van der Waals surface area contributed by atoms with E-state index in [2.05, 4.69) is 5.32 Å². The maximum absolute atomic E-state index is 13.6. The van der Waals surface area contributed by atoms with E-state index in [-0.39, 0.29) is 23.2 Å². The van der Waals surface area contributed by atoms with Crippen molar-refractivity contribution in [2.75, 3.05) is 17.3 Å². The second-order valence-corrected chi connectivity index (χ2v) is 12.1. The summed E-state index contributed by atoms with van der Waals surface area (Å²) < 4.78 is 6.55. The van der Waals surface area contributed by atoms with Gasteiger partial charge in [-0.15, -0.1) is 0 Å². The van der Waals surface area contributed by atoms with Gasteiger partial charge in [0.1, 0.15) is 17.5 Å². The van der Waals surface area contributed by atoms with Gasteiger partial charge in [0.25, 0.3) is 0 Å². The average molecular weight is 578 g/mol. The average Bonchev–Trinajstić information content (AvgIpc) is 3.30. The Labute approximate surface area is 230 Å². The first-order chi connectivity index (χ1) is 17.5. The number of carbonyl (C=O) groups is 3. The number of ether oxygens (including phenoxy) is 1. The molecule has 8 nitrogen and oxygen atoms in total. The van der Waals surface area contributed by atoms with Crippen molar-refractivity contribution < 1.29 is 19.1 Å². The van der Waals surface area contributed by atoms with Gasteiger partial charge in [-0.3, -0.25) is 23.7 Å². The molecule has 0 bridgehead atoms. The third kappa shape index (κ3) is 4.35. The molecule has 0 radical (unpaired) electrons. The minimum Gasteiger partial charge on any atom is -0.497 e. The highest BCUT2D eigenvalue weighted by Gasteiger charge is 2.59. The van der Waals surface area contributed by atoms with E-state index < -0.39 is 22.5 Å². The summed E-state index contributed by atoms with van der Waals surface area (Å²) in [6.07, 6.45) is 0. The maximum Gasteiger partial charge on any atom is 0.308 e. The fraction of sp³-hybridized carbons (Fsp3) is 0.280. The van der Waals surface area contributed by atoms with Crippen molar-refractivity contribution >= 4 is 75.4 Å². The molecule has 5 rings (SSSR count). The number of anilines is 2. The van der Waals surface area contributed by atoms with E-state index in [4.69, 9.17) is 27.9 Å². The number of aromatic nitrogens is 1. The van der Waals surface area contributed by atoms with Crippen LogP contribution in [-0.4, -0.2) is 34.6 Å². The molecule has 2 atom stereocenters. The lowest BCUT2D eigenvalue weighted by molar-refractivity contribution is -0.123. The first-order valence-electron chi connectivity index (χ1n) is 11.2. The van der Waals surface area contributed by atoms with E-state index in [9.17, 15) is 19.2 Å². The lowest BCUT2D eigenvalue weighted by Crippen LogP contribution is -2.41. The number of rotatable bonds is 5. The molecule has 0 spiro atoms. The van der Waals surface area contributed by atoms with Gasteiger partial charge in [0.2, 0.25) is 17.7 Å². The van der Waals surface area contributed by atoms with Crippen LogP contribution in [0.2, 0.25) is 10.0 Å². The second kappa shape index (κ2) is 9.50. The van der Waals surface area contributed by atoms with Gasteiger partial charge in [0.15, 0.2) is 0 Å². The number of hydrogen-bond donors (Lipinski definition) is 1. The summed E-state index contributed by atoms with van der Waals surface area (Å²) in [5.41, 5.74) is 0.105. The molecule has 192 valence electrons. The summed E-state index contributed by atoms with van der Waals surface area (Å²) in [5.74, 6) is -1.14. The first-order valence-corrected chi connectivity index (χ1v) is 13.7. The molecule has 0 aliphatic carbocycles. The van der Waals surface area contributed by atoms with Crippen molar-refractivity contribution in [1.29, 1.82) is 0 Å². The summed E-state index contributed by atoms with van der Waals surface area (Å²) in [6.45, 7) is 3.47. The Hall–Kier alpha value is -2.79. The number of methoxy groups -OCH3 is 1. The molecular weight excluding hydrogens is 557 g/mol. The SMILES string of the molecule is COc1ccc(N2C(=O)C3Sc4c(sc(=O)n4CC(=O)Nc4ccc(Cl)c(Cl)c4)C(C)(C)C3C2=O)cc1. The Balaban J connectivity index is 1.45. The lowest BCUT2D eigenvalue weighted by atomic mass is 9.76. The highest BCUT2D eigenvalue weighted by Crippen LogP contribution is 2.54. The zero-order valence-electron chi connectivity index (χ0n) is 19.9. The van der Waals surface area contributed by atoms with E-state index in [1.54, 1.807) is 36.4 Å². The molecule has 3 amide bonds. The van der Waals surface area contributed by atoms with Crippen molar-refractivity contribution in [3.63, 3.8) is 0 Å². The van der Waals surface area contributed by atoms with E-state index in [1.165, 1.54) is 34.4 Å². The first kappa shape index (κ1) is 25.8. The molecule has 2 aliphatic heterocycles. The molecular formula is C25H21Cl2N3O5S2. The fourth-order valence-corrected chi connectivity index (χ4v) is 8.01. The van der Waals surface area contributed by atoms with Gasteiger partial charge >= 0.3 is 4.87 Å². The van der Waals surface area contributed by atoms with Crippen LogP contribution >= 0.6 is 46.3 Å². The van der Waals surface area contributed by atoms with Crippen molar-refractivity contribution in [2.45, 2.75) is 36.1 Å². The number of nitrogens with one attached hydrogen (secondary N) is 1. The number of amides is 3. The number of halogens is 2. The Morgan fingerprint density at radius 3 is 2.41 bits per heavy atom. The van der Waals surface area contributed by atoms with Crippen LogP contribution in [0.3, 0.4) is 0 Å². The third-order valence-electron chi connectivity index (χ3n) is 6.54. The van der Waals surface area contributed by atoms with Crippen LogP contribution in [0, 0.1) is 5.92 Å². The minimum atomic E-state index is -0.797. The van der Waals surface area contributed by atoms with Gasteiger partial charge in [-0.05, 0) is 42.5 Å². The molecule has 0 saturated carbocycles. The second-order valence-electron chi connectivity index (χ2n) is 9.21. The molecule has 3 aromatic rings. The Kier molecular flexibility index (Phi) is 6.64. The topological polar surface area (TPSA) is 97.7 Å². The van der Waals surface area contributed by atoms with Crippen LogP contribution in [0.25, 0.3) is 0 Å². The highest BCUT2D eigenvalue weighted by atomic mass is 35.5. The number of fused-ring (bicyclic) bond motifs is 2. The van der Waals surface area contributed by atoms with E-state index in [0.717, 1.165) is 11.3 Å². The zero-order chi connectivity index (χ0) is 26.6. The molecule has 1 saturated heterocycles. The van der Waals surface area contributed by atoms with Gasteiger partial charge in [-0.2, -0.15) is 0 Å². The number of carbonyl (C=O) groups excluding carboxylic acids is 3. The highest BCUT2D eigenvalue weighted by molar-refractivity contribution is 8.00. The maximum atomic E-state index is 13.6. The van der Waals surface area contributed by atoms with Crippen molar-refractivity contribution in [2.24, 2.45) is 5.92 Å². The summed E-state index contributed by atoms with van der Waals surface area (Å²) in [6, 6.07) is 11.4. The van der Waals surface area contributed by atoms with Gasteiger partial charge < -0.3 is 10.1 Å². The lowest BCUT2D eigenvalue weighted by Gasteiger charge is -2.36. The Bertz CT molecular complexity index is 1500. The van der Waals surface area contributed by atoms with Crippen molar-refractivity contribution in [1.82, 2.24) is 4.57 Å². The van der Waals surface area contributed by atoms with Gasteiger partial charge in [0.05, 0.1) is 33.8 Å². The summed E-state index contributed by atoms with van der Waals surface area (Å²) in [5, 5.41) is 3.17. The number of thioether (sulfide) groups is 1. The number of thiazole rings is 1. The molecule has 12 heteroatoms. The van der Waals surface area contributed by atoms with Crippen LogP contribution in [0.15, 0.2) is 52.3 Å². The van der Waals surface area contributed by atoms with Gasteiger partial charge in [-0.25, -0.2) is 4.90 Å². The zero-order valence-corrected chi connectivity index (χ0v) is 23.1.